The summed E-state index contributed by atoms with van der Waals surface area (Å²) < 4.78 is 15.0. The number of anilines is 2. The maximum atomic E-state index is 13.1. The molecule has 1 heterocycles. The van der Waals surface area contributed by atoms with Crippen LogP contribution in [0.1, 0.15) is 0 Å². The van der Waals surface area contributed by atoms with Crippen molar-refractivity contribution in [3.63, 3.8) is 0 Å². The van der Waals surface area contributed by atoms with E-state index in [1.807, 2.05) is 10.8 Å². The molecule has 0 bridgehead atoms. The summed E-state index contributed by atoms with van der Waals surface area (Å²) in [6.45, 7) is 1.43. The van der Waals surface area contributed by atoms with Crippen molar-refractivity contribution in [3.8, 4) is 0 Å². The van der Waals surface area contributed by atoms with Gasteiger partial charge in [-0.2, -0.15) is 0 Å². The lowest BCUT2D eigenvalue weighted by molar-refractivity contribution is 0.632. The molecule has 1 aromatic heterocycles. The highest BCUT2D eigenvalue weighted by Gasteiger charge is 2.02. The number of nitrogens with one attached hydrogen (secondary N) is 1. The molecule has 0 aliphatic rings. The first-order valence-electron chi connectivity index (χ1n) is 5.01. The molecular weight excluding hydrogens is 207 g/mol. The van der Waals surface area contributed by atoms with Crippen molar-refractivity contribution < 1.29 is 4.39 Å². The maximum Gasteiger partial charge on any atom is 0.148 e. The predicted octanol–water partition coefficient (Wildman–Crippen LogP) is 1.72. The second-order valence-corrected chi connectivity index (χ2v) is 3.43. The molecule has 0 radical (unpaired) electrons. The van der Waals surface area contributed by atoms with E-state index < -0.39 is 5.82 Å². The van der Waals surface area contributed by atoms with Gasteiger partial charge in [0.15, 0.2) is 0 Å². The van der Waals surface area contributed by atoms with Crippen LogP contribution < -0.4 is 11.1 Å². The van der Waals surface area contributed by atoms with Crippen LogP contribution >= 0.6 is 0 Å². The van der Waals surface area contributed by atoms with Crippen molar-refractivity contribution in [2.24, 2.45) is 0 Å². The molecule has 0 unspecified atom stereocenters. The number of imidazole rings is 1. The molecule has 84 valence electrons. The Morgan fingerprint density at radius 1 is 1.44 bits per heavy atom. The Balaban J connectivity index is 1.92. The summed E-state index contributed by atoms with van der Waals surface area (Å²) in [7, 11) is 0. The molecule has 0 fully saturated rings. The Labute approximate surface area is 92.9 Å². The Morgan fingerprint density at radius 2 is 2.31 bits per heavy atom. The molecule has 3 N–H and O–H groups in total. The smallest absolute Gasteiger partial charge is 0.148 e. The molecule has 0 aliphatic carbocycles. The number of benzene rings is 1. The highest BCUT2D eigenvalue weighted by atomic mass is 19.1. The van der Waals surface area contributed by atoms with Gasteiger partial charge in [-0.25, -0.2) is 9.37 Å². The Morgan fingerprint density at radius 3 is 3.06 bits per heavy atom. The minimum absolute atomic E-state index is 0.160. The predicted molar refractivity (Wildman–Crippen MR) is 61.5 cm³/mol. The van der Waals surface area contributed by atoms with Crippen molar-refractivity contribution in [3.05, 3.63) is 42.7 Å². The van der Waals surface area contributed by atoms with Gasteiger partial charge < -0.3 is 15.6 Å². The molecule has 4 nitrogen and oxygen atoms in total. The summed E-state index contributed by atoms with van der Waals surface area (Å²) in [5.74, 6) is -0.396. The highest BCUT2D eigenvalue weighted by molar-refractivity contribution is 5.66. The number of rotatable bonds is 4. The van der Waals surface area contributed by atoms with Gasteiger partial charge in [0.25, 0.3) is 0 Å². The Bertz CT molecular complexity index is 453. The lowest BCUT2D eigenvalue weighted by Crippen LogP contribution is -2.10. The topological polar surface area (TPSA) is 55.9 Å². The molecule has 2 rings (SSSR count). The number of nitrogens with two attached hydrogens (primary N) is 1. The van der Waals surface area contributed by atoms with E-state index in [1.54, 1.807) is 24.7 Å². The van der Waals surface area contributed by atoms with Crippen molar-refractivity contribution in [2.45, 2.75) is 6.54 Å². The minimum Gasteiger partial charge on any atom is -0.395 e. The first-order chi connectivity index (χ1) is 7.77. The Kier molecular flexibility index (Phi) is 3.05. The fourth-order valence-corrected chi connectivity index (χ4v) is 1.43. The standard InChI is InChI=1S/C11H13FN4/c12-9-2-1-3-10(11(9)13)15-5-7-16-6-4-14-8-16/h1-4,6,8,15H,5,7,13H2. The molecule has 2 aromatic rings. The fourth-order valence-electron chi connectivity index (χ4n) is 1.43. The summed E-state index contributed by atoms with van der Waals surface area (Å²) in [5, 5.41) is 3.08. The van der Waals surface area contributed by atoms with Gasteiger partial charge in [0.2, 0.25) is 0 Å². The molecule has 0 amide bonds. The van der Waals surface area contributed by atoms with Crippen LogP contribution in [0.4, 0.5) is 15.8 Å². The number of hydrogen-bond acceptors (Lipinski definition) is 3. The van der Waals surface area contributed by atoms with Crippen LogP contribution in [0.2, 0.25) is 0 Å². The lowest BCUT2D eigenvalue weighted by atomic mass is 10.2. The normalized spacial score (nSPS) is 10.3. The van der Waals surface area contributed by atoms with Crippen molar-refractivity contribution >= 4 is 11.4 Å². The first-order valence-corrected chi connectivity index (χ1v) is 5.01. The third-order valence-corrected chi connectivity index (χ3v) is 2.30. The van der Waals surface area contributed by atoms with E-state index >= 15 is 0 Å². The summed E-state index contributed by atoms with van der Waals surface area (Å²) in [6, 6.07) is 4.73. The van der Waals surface area contributed by atoms with Crippen LogP contribution in [0.3, 0.4) is 0 Å². The SMILES string of the molecule is Nc1c(F)cccc1NCCn1ccnc1. The monoisotopic (exact) mass is 220 g/mol. The summed E-state index contributed by atoms with van der Waals surface area (Å²) in [4.78, 5) is 3.93. The molecule has 0 saturated carbocycles. The van der Waals surface area contributed by atoms with Gasteiger partial charge >= 0.3 is 0 Å². The zero-order chi connectivity index (χ0) is 11.4. The molecular formula is C11H13FN4. The maximum absolute atomic E-state index is 13.1. The van der Waals surface area contributed by atoms with E-state index in [-0.39, 0.29) is 5.69 Å². The quantitative estimate of drug-likeness (QED) is 0.771. The summed E-state index contributed by atoms with van der Waals surface area (Å²) >= 11 is 0. The van der Waals surface area contributed by atoms with Crippen LogP contribution in [0.5, 0.6) is 0 Å². The second kappa shape index (κ2) is 4.65. The van der Waals surface area contributed by atoms with Crippen LogP contribution in [-0.2, 0) is 6.54 Å². The molecule has 5 heteroatoms. The van der Waals surface area contributed by atoms with Gasteiger partial charge in [0.05, 0.1) is 17.7 Å². The average molecular weight is 220 g/mol. The molecule has 16 heavy (non-hydrogen) atoms. The summed E-state index contributed by atoms with van der Waals surface area (Å²) in [5.41, 5.74) is 6.37. The third kappa shape index (κ3) is 2.31. The van der Waals surface area contributed by atoms with E-state index in [0.717, 1.165) is 6.54 Å². The highest BCUT2D eigenvalue weighted by Crippen LogP contribution is 2.20. The molecule has 0 atom stereocenters. The van der Waals surface area contributed by atoms with Crippen molar-refractivity contribution in [1.82, 2.24) is 9.55 Å². The van der Waals surface area contributed by atoms with Gasteiger partial charge in [0, 0.05) is 25.5 Å². The van der Waals surface area contributed by atoms with Gasteiger partial charge in [0.1, 0.15) is 5.82 Å². The number of nitrogen functional groups attached to an aromatic ring is 1. The van der Waals surface area contributed by atoms with E-state index in [4.69, 9.17) is 5.73 Å². The number of aromatic nitrogens is 2. The van der Waals surface area contributed by atoms with Gasteiger partial charge in [-0.05, 0) is 12.1 Å². The number of para-hydroxylation sites is 1. The van der Waals surface area contributed by atoms with Crippen LogP contribution in [0.25, 0.3) is 0 Å². The van der Waals surface area contributed by atoms with Gasteiger partial charge in [-0.3, -0.25) is 0 Å². The molecule has 0 saturated heterocycles. The molecule has 1 aromatic carbocycles. The molecule has 0 spiro atoms. The number of halogens is 1. The van der Waals surface area contributed by atoms with Crippen molar-refractivity contribution in [1.29, 1.82) is 0 Å². The average Bonchev–Trinajstić information content (AvgIpc) is 2.77. The zero-order valence-corrected chi connectivity index (χ0v) is 8.73. The van der Waals surface area contributed by atoms with E-state index in [0.29, 0.717) is 12.2 Å². The first kappa shape index (κ1) is 10.5. The van der Waals surface area contributed by atoms with Crippen LogP contribution in [0.15, 0.2) is 36.9 Å². The number of nitrogens with zero attached hydrogens (tertiary/aromatic N) is 2. The minimum atomic E-state index is -0.396. The second-order valence-electron chi connectivity index (χ2n) is 3.43. The Hall–Kier alpha value is -2.04. The zero-order valence-electron chi connectivity index (χ0n) is 8.73. The number of hydrogen-bond donors (Lipinski definition) is 2. The van der Waals surface area contributed by atoms with E-state index in [2.05, 4.69) is 10.3 Å². The van der Waals surface area contributed by atoms with Gasteiger partial charge in [-0.15, -0.1) is 0 Å². The fraction of sp³-hybridized carbons (Fsp3) is 0.182. The van der Waals surface area contributed by atoms with Crippen molar-refractivity contribution in [2.75, 3.05) is 17.6 Å². The van der Waals surface area contributed by atoms with Crippen LogP contribution in [-0.4, -0.2) is 16.1 Å². The third-order valence-electron chi connectivity index (χ3n) is 2.30. The van der Waals surface area contributed by atoms with Gasteiger partial charge in [-0.1, -0.05) is 6.07 Å². The van der Waals surface area contributed by atoms with Crippen LogP contribution in [0, 0.1) is 5.82 Å². The van der Waals surface area contributed by atoms with E-state index in [9.17, 15) is 4.39 Å². The lowest BCUT2D eigenvalue weighted by Gasteiger charge is -2.09. The van der Waals surface area contributed by atoms with E-state index in [1.165, 1.54) is 6.07 Å². The largest absolute Gasteiger partial charge is 0.395 e. The molecule has 0 aliphatic heterocycles. The summed E-state index contributed by atoms with van der Waals surface area (Å²) in [6.07, 6.45) is 5.32.